The lowest BCUT2D eigenvalue weighted by Gasteiger charge is -2.24. The van der Waals surface area contributed by atoms with E-state index in [0.29, 0.717) is 6.29 Å². The normalized spacial score (nSPS) is 12.1. The molecule has 0 atom stereocenters. The molecule has 0 bridgehead atoms. The van der Waals surface area contributed by atoms with Gasteiger partial charge in [-0.15, -0.1) is 0 Å². The molecule has 0 saturated heterocycles. The number of ether oxygens (including phenoxy) is 1. The zero-order chi connectivity index (χ0) is 10.7. The minimum absolute atomic E-state index is 0.351. The highest BCUT2D eigenvalue weighted by atomic mass is 16.6. The summed E-state index contributed by atoms with van der Waals surface area (Å²) >= 11 is 0. The zero-order valence-corrected chi connectivity index (χ0v) is 8.80. The molecule has 0 aromatic heterocycles. The van der Waals surface area contributed by atoms with Gasteiger partial charge in [0.25, 0.3) is 0 Å². The quantitative estimate of drug-likeness (QED) is 0.666. The van der Waals surface area contributed by atoms with Crippen LogP contribution in [0.3, 0.4) is 0 Å². The van der Waals surface area contributed by atoms with Crippen LogP contribution in [0.5, 0.6) is 0 Å². The Morgan fingerprint density at radius 1 is 1.23 bits per heavy atom. The van der Waals surface area contributed by atoms with Gasteiger partial charge in [0.15, 0.2) is 11.9 Å². The third kappa shape index (κ3) is 6.13. The van der Waals surface area contributed by atoms with E-state index in [1.54, 1.807) is 0 Å². The summed E-state index contributed by atoms with van der Waals surface area (Å²) in [5.74, 6) is 0. The highest BCUT2D eigenvalue weighted by Crippen LogP contribution is 2.07. The molecule has 0 aromatic rings. The lowest BCUT2D eigenvalue weighted by Crippen LogP contribution is -2.44. The Morgan fingerprint density at radius 3 is 2.00 bits per heavy atom. The number of rotatable bonds is 2. The molecule has 0 heterocycles. The summed E-state index contributed by atoms with van der Waals surface area (Å²) < 4.78 is 4.84. The van der Waals surface area contributed by atoms with Gasteiger partial charge >= 0.3 is 6.09 Å². The fourth-order valence-electron chi connectivity index (χ4n) is 0.595. The van der Waals surface area contributed by atoms with E-state index in [4.69, 9.17) is 4.74 Å². The molecule has 0 radical (unpaired) electrons. The van der Waals surface area contributed by atoms with Gasteiger partial charge in [-0.3, -0.25) is 4.79 Å². The van der Waals surface area contributed by atoms with Crippen LogP contribution in [0.25, 0.3) is 0 Å². The summed E-state index contributed by atoms with van der Waals surface area (Å²) in [6.45, 7) is 8.57. The van der Waals surface area contributed by atoms with Gasteiger partial charge in [0.2, 0.25) is 0 Å². The second-order valence-corrected chi connectivity index (χ2v) is 4.49. The van der Waals surface area contributed by atoms with Crippen LogP contribution in [-0.4, -0.2) is 23.5 Å². The van der Waals surface area contributed by atoms with Crippen molar-refractivity contribution >= 4 is 12.4 Å². The van der Waals surface area contributed by atoms with Crippen LogP contribution in [0.2, 0.25) is 0 Å². The predicted molar refractivity (Wildman–Crippen MR) is 49.5 cm³/mol. The highest BCUT2D eigenvalue weighted by molar-refractivity contribution is 5.73. The van der Waals surface area contributed by atoms with Crippen molar-refractivity contribution in [2.75, 3.05) is 0 Å². The lowest BCUT2D eigenvalue weighted by molar-refractivity contribution is -0.121. The fraction of sp³-hybridized carbons (Fsp3) is 0.778. The summed E-state index contributed by atoms with van der Waals surface area (Å²) in [6.07, 6.45) is 0.0134. The lowest BCUT2D eigenvalue weighted by atomic mass is 10.1. The van der Waals surface area contributed by atoms with Crippen molar-refractivity contribution in [3.05, 3.63) is 0 Å². The molecule has 0 rings (SSSR count). The van der Waals surface area contributed by atoms with Crippen molar-refractivity contribution < 1.29 is 14.3 Å². The van der Waals surface area contributed by atoms with Gasteiger partial charge in [-0.1, -0.05) is 0 Å². The average molecular weight is 187 g/mol. The van der Waals surface area contributed by atoms with Gasteiger partial charge in [0.1, 0.15) is 0 Å². The molecule has 0 spiro atoms. The topological polar surface area (TPSA) is 55.4 Å². The van der Waals surface area contributed by atoms with Crippen LogP contribution in [-0.2, 0) is 9.53 Å². The van der Waals surface area contributed by atoms with Gasteiger partial charge in [0, 0.05) is 5.54 Å². The van der Waals surface area contributed by atoms with E-state index in [0.717, 1.165) is 0 Å². The van der Waals surface area contributed by atoms with Crippen LogP contribution >= 0.6 is 0 Å². The molecule has 0 saturated carbocycles. The van der Waals surface area contributed by atoms with Crippen LogP contribution in [0.1, 0.15) is 34.6 Å². The molecule has 13 heavy (non-hydrogen) atoms. The summed E-state index contributed by atoms with van der Waals surface area (Å²) in [6, 6.07) is 0. The molecule has 0 aromatic carbocycles. The first-order valence-corrected chi connectivity index (χ1v) is 4.14. The van der Waals surface area contributed by atoms with Crippen molar-refractivity contribution in [2.45, 2.75) is 45.8 Å². The van der Waals surface area contributed by atoms with Crippen molar-refractivity contribution in [3.8, 4) is 0 Å². The Morgan fingerprint density at radius 2 is 1.69 bits per heavy atom. The monoisotopic (exact) mass is 187 g/mol. The van der Waals surface area contributed by atoms with E-state index < -0.39 is 11.7 Å². The Labute approximate surface area is 78.6 Å². The zero-order valence-electron chi connectivity index (χ0n) is 8.80. The van der Waals surface area contributed by atoms with Crippen molar-refractivity contribution in [1.82, 2.24) is 5.32 Å². The molecule has 76 valence electrons. The first-order valence-electron chi connectivity index (χ1n) is 4.14. The van der Waals surface area contributed by atoms with Crippen LogP contribution < -0.4 is 5.32 Å². The molecule has 4 nitrogen and oxygen atoms in total. The molecule has 0 unspecified atom stereocenters. The van der Waals surface area contributed by atoms with E-state index in [1.165, 1.54) is 13.8 Å². The van der Waals surface area contributed by atoms with Crippen molar-refractivity contribution in [3.63, 3.8) is 0 Å². The molecule has 0 fully saturated rings. The molecule has 4 heteroatoms. The molecular weight excluding hydrogens is 170 g/mol. The van der Waals surface area contributed by atoms with Gasteiger partial charge in [-0.25, -0.2) is 4.79 Å². The van der Waals surface area contributed by atoms with Gasteiger partial charge in [0.05, 0.1) is 0 Å². The first-order chi connectivity index (χ1) is 5.66. The summed E-state index contributed by atoms with van der Waals surface area (Å²) in [4.78, 5) is 21.6. The van der Waals surface area contributed by atoms with Crippen molar-refractivity contribution in [1.29, 1.82) is 0 Å². The molecule has 1 amide bonds. The largest absolute Gasteiger partial charge is 0.436 e. The smallest absolute Gasteiger partial charge is 0.408 e. The van der Waals surface area contributed by atoms with Crippen molar-refractivity contribution in [2.24, 2.45) is 0 Å². The van der Waals surface area contributed by atoms with Crippen LogP contribution in [0, 0.1) is 0 Å². The third-order valence-corrected chi connectivity index (χ3v) is 1.12. The van der Waals surface area contributed by atoms with E-state index in [-0.39, 0.29) is 5.54 Å². The molecule has 0 aliphatic rings. The van der Waals surface area contributed by atoms with E-state index in [2.05, 4.69) is 5.32 Å². The maximum atomic E-state index is 11.1. The first kappa shape index (κ1) is 11.9. The second-order valence-electron chi connectivity index (χ2n) is 4.49. The minimum atomic E-state index is -1.06. The average Bonchev–Trinajstić information content (AvgIpc) is 1.81. The number of hydrogen-bond acceptors (Lipinski definition) is 3. The van der Waals surface area contributed by atoms with Gasteiger partial charge in [-0.2, -0.15) is 0 Å². The second kappa shape index (κ2) is 3.77. The number of alkyl carbamates (subject to hydrolysis) is 1. The summed E-state index contributed by atoms with van der Waals surface area (Å²) in [5.41, 5.74) is -1.41. The number of carbonyl (C=O) groups is 2. The summed E-state index contributed by atoms with van der Waals surface area (Å²) in [5, 5.41) is 2.59. The Bertz CT molecular complexity index is 203. The molecule has 0 aliphatic heterocycles. The highest BCUT2D eigenvalue weighted by Gasteiger charge is 2.24. The molecule has 1 N–H and O–H groups in total. The van der Waals surface area contributed by atoms with Gasteiger partial charge in [-0.05, 0) is 34.6 Å². The Balaban J connectivity index is 4.10. The number of amides is 1. The number of aldehydes is 1. The molecule has 0 aliphatic carbocycles. The minimum Gasteiger partial charge on any atom is -0.436 e. The fourth-order valence-corrected chi connectivity index (χ4v) is 0.595. The summed E-state index contributed by atoms with van der Waals surface area (Å²) in [7, 11) is 0. The van der Waals surface area contributed by atoms with Gasteiger partial charge < -0.3 is 10.1 Å². The molecular formula is C9H17NO3. The van der Waals surface area contributed by atoms with E-state index >= 15 is 0 Å². The van der Waals surface area contributed by atoms with E-state index in [9.17, 15) is 9.59 Å². The Kier molecular flexibility index (Phi) is 3.46. The third-order valence-electron chi connectivity index (χ3n) is 1.12. The van der Waals surface area contributed by atoms with E-state index in [1.807, 2.05) is 20.8 Å². The number of hydrogen-bond donors (Lipinski definition) is 1. The SMILES string of the molecule is CC(C)(C)NC(=O)OC(C)(C)C=O. The Hall–Kier alpha value is -1.06. The van der Waals surface area contributed by atoms with Crippen LogP contribution in [0.4, 0.5) is 4.79 Å². The maximum absolute atomic E-state index is 11.1. The number of carbonyl (C=O) groups excluding carboxylic acids is 2. The van der Waals surface area contributed by atoms with Crippen LogP contribution in [0.15, 0.2) is 0 Å². The maximum Gasteiger partial charge on any atom is 0.408 e. The number of nitrogens with one attached hydrogen (secondary N) is 1. The predicted octanol–water partition coefficient (Wildman–Crippen LogP) is 1.49. The standard InChI is InChI=1S/C9H17NO3/c1-8(2,3)10-7(12)13-9(4,5)6-11/h6H,1-5H3,(H,10,12).